The molecule has 0 aromatic rings. The Morgan fingerprint density at radius 3 is 2.75 bits per heavy atom. The highest BCUT2D eigenvalue weighted by molar-refractivity contribution is 6.32. The van der Waals surface area contributed by atoms with Gasteiger partial charge in [0.25, 0.3) is 0 Å². The normalized spacial score (nSPS) is 9.12. The van der Waals surface area contributed by atoms with E-state index in [0.717, 1.165) is 0 Å². The molecule has 0 aromatic heterocycles. The van der Waals surface area contributed by atoms with Crippen molar-refractivity contribution in [3.8, 4) is 0 Å². The van der Waals surface area contributed by atoms with Crippen molar-refractivity contribution in [2.75, 3.05) is 7.05 Å². The second-order valence-electron chi connectivity index (χ2n) is 1.20. The quantitative estimate of drug-likeness (QED) is 0.397. The van der Waals surface area contributed by atoms with Gasteiger partial charge in [-0.2, -0.15) is 0 Å². The van der Waals surface area contributed by atoms with E-state index in [1.165, 1.54) is 12.3 Å². The Kier molecular flexibility index (Phi) is 3.48. The van der Waals surface area contributed by atoms with Crippen LogP contribution in [0.25, 0.3) is 0 Å². The Morgan fingerprint density at radius 2 is 2.38 bits per heavy atom. The molecule has 0 heterocycles. The maximum Gasteiger partial charge on any atom is 0.167 e. The van der Waals surface area contributed by atoms with Gasteiger partial charge < -0.3 is 5.32 Å². The Labute approximate surface area is 47.9 Å². The zero-order valence-corrected chi connectivity index (χ0v) is 4.64. The number of allylic oxidation sites excluding steroid dienone is 1. The van der Waals surface area contributed by atoms with E-state index in [2.05, 4.69) is 5.32 Å². The lowest BCUT2D eigenvalue weighted by molar-refractivity contribution is -0.102. The first-order valence-electron chi connectivity index (χ1n) is 2.19. The molecule has 0 aromatic carbocycles. The number of hydrogen-bond donors (Lipinski definition) is 2. The maximum atomic E-state index is 9.71. The predicted molar refractivity (Wildman–Crippen MR) is 32.0 cm³/mol. The summed E-state index contributed by atoms with van der Waals surface area (Å²) in [5, 5.41) is 9.40. The van der Waals surface area contributed by atoms with Crippen molar-refractivity contribution in [3.05, 3.63) is 12.3 Å². The third-order valence-corrected chi connectivity index (χ3v) is 0.557. The fourth-order valence-corrected chi connectivity index (χ4v) is 0.212. The van der Waals surface area contributed by atoms with Gasteiger partial charge in [0, 0.05) is 7.05 Å². The van der Waals surface area contributed by atoms with Gasteiger partial charge in [-0.1, -0.05) is 0 Å². The van der Waals surface area contributed by atoms with Gasteiger partial charge >= 0.3 is 0 Å². The molecule has 0 rings (SSSR count). The van der Waals surface area contributed by atoms with Crippen LogP contribution in [0.15, 0.2) is 12.3 Å². The van der Waals surface area contributed by atoms with E-state index < -0.39 is 0 Å². The second kappa shape index (κ2) is 4.05. The lowest BCUT2D eigenvalue weighted by atomic mass is 10.4. The summed E-state index contributed by atoms with van der Waals surface area (Å²) in [5.74, 6) is 0. The molecule has 0 unspecified atom stereocenters. The molecule has 3 heteroatoms. The molecule has 0 aliphatic carbocycles. The van der Waals surface area contributed by atoms with Crippen molar-refractivity contribution >= 4 is 12.0 Å². The number of hydrogen-bond acceptors (Lipinski definition) is 3. The summed E-state index contributed by atoms with van der Waals surface area (Å²) in [7, 11) is 1.70. The second-order valence-corrected chi connectivity index (χ2v) is 1.20. The van der Waals surface area contributed by atoms with Crippen LogP contribution >= 0.6 is 0 Å². The molecule has 3 nitrogen and oxygen atoms in total. The van der Waals surface area contributed by atoms with Crippen molar-refractivity contribution in [2.45, 2.75) is 0 Å². The standard InChI is InChI=1S/C5H8N2O/c1-7-3-2-5(6)4-8/h2-4,6-7H,1H3/b3-2-,6-5?. The predicted octanol–water partition coefficient (Wildman–Crippen LogP) is -0.0618. The minimum atomic E-state index is -0.0284. The van der Waals surface area contributed by atoms with E-state index in [1.54, 1.807) is 7.05 Å². The number of carbonyl (C=O) groups excluding carboxylic acids is 1. The fraction of sp³-hybridized carbons (Fsp3) is 0.200. The van der Waals surface area contributed by atoms with E-state index in [9.17, 15) is 4.79 Å². The summed E-state index contributed by atoms with van der Waals surface area (Å²) in [5.41, 5.74) is -0.0284. The summed E-state index contributed by atoms with van der Waals surface area (Å²) in [6.07, 6.45) is 3.39. The molecular weight excluding hydrogens is 104 g/mol. The molecule has 8 heavy (non-hydrogen) atoms. The number of carbonyl (C=O) groups is 1. The highest BCUT2D eigenvalue weighted by Gasteiger charge is 1.79. The van der Waals surface area contributed by atoms with E-state index >= 15 is 0 Å². The van der Waals surface area contributed by atoms with Crippen molar-refractivity contribution < 1.29 is 4.79 Å². The van der Waals surface area contributed by atoms with Crippen LogP contribution in [0.5, 0.6) is 0 Å². The van der Waals surface area contributed by atoms with Gasteiger partial charge in [0.1, 0.15) is 0 Å². The van der Waals surface area contributed by atoms with Crippen LogP contribution in [-0.2, 0) is 4.79 Å². The summed E-state index contributed by atoms with van der Waals surface area (Å²) in [6, 6.07) is 0. The zero-order valence-electron chi connectivity index (χ0n) is 4.64. The Balaban J connectivity index is 3.52. The van der Waals surface area contributed by atoms with Crippen LogP contribution in [0.4, 0.5) is 0 Å². The summed E-state index contributed by atoms with van der Waals surface area (Å²) >= 11 is 0. The van der Waals surface area contributed by atoms with E-state index in [1.807, 2.05) is 0 Å². The first-order valence-corrected chi connectivity index (χ1v) is 2.19. The highest BCUT2D eigenvalue weighted by Crippen LogP contribution is 1.66. The molecule has 0 aliphatic rings. The van der Waals surface area contributed by atoms with Gasteiger partial charge in [0.05, 0.1) is 5.71 Å². The van der Waals surface area contributed by atoms with Gasteiger partial charge in [-0.15, -0.1) is 0 Å². The molecule has 2 N–H and O–H groups in total. The van der Waals surface area contributed by atoms with Crippen LogP contribution in [0.2, 0.25) is 0 Å². The van der Waals surface area contributed by atoms with Crippen molar-refractivity contribution in [1.29, 1.82) is 5.41 Å². The minimum Gasteiger partial charge on any atom is -0.394 e. The SMILES string of the molecule is CN/C=C\C(=N)C=O. The molecule has 0 radical (unpaired) electrons. The fourth-order valence-electron chi connectivity index (χ4n) is 0.212. The van der Waals surface area contributed by atoms with E-state index in [0.29, 0.717) is 6.29 Å². The van der Waals surface area contributed by atoms with Gasteiger partial charge in [-0.25, -0.2) is 0 Å². The average molecular weight is 112 g/mol. The Morgan fingerprint density at radius 1 is 1.75 bits per heavy atom. The van der Waals surface area contributed by atoms with Crippen LogP contribution in [0.3, 0.4) is 0 Å². The summed E-state index contributed by atoms with van der Waals surface area (Å²) < 4.78 is 0. The topological polar surface area (TPSA) is 53.0 Å². The molecule has 0 bridgehead atoms. The van der Waals surface area contributed by atoms with Crippen molar-refractivity contribution in [2.24, 2.45) is 0 Å². The third kappa shape index (κ3) is 3.08. The first kappa shape index (κ1) is 6.88. The van der Waals surface area contributed by atoms with Crippen LogP contribution < -0.4 is 5.32 Å². The Hall–Kier alpha value is -1.12. The molecule has 0 fully saturated rings. The summed E-state index contributed by atoms with van der Waals surface area (Å²) in [4.78, 5) is 9.71. The molecule has 0 atom stereocenters. The number of nitrogens with one attached hydrogen (secondary N) is 2. The lowest BCUT2D eigenvalue weighted by Gasteiger charge is -1.81. The van der Waals surface area contributed by atoms with Crippen LogP contribution in [0.1, 0.15) is 0 Å². The van der Waals surface area contributed by atoms with Gasteiger partial charge in [-0.05, 0) is 12.3 Å². The average Bonchev–Trinajstić information content (AvgIpc) is 1.83. The monoisotopic (exact) mass is 112 g/mol. The van der Waals surface area contributed by atoms with Crippen LogP contribution in [0, 0.1) is 5.41 Å². The third-order valence-electron chi connectivity index (χ3n) is 0.557. The lowest BCUT2D eigenvalue weighted by Crippen LogP contribution is -1.96. The van der Waals surface area contributed by atoms with Gasteiger partial charge in [-0.3, -0.25) is 10.2 Å². The van der Waals surface area contributed by atoms with Crippen molar-refractivity contribution in [1.82, 2.24) is 5.32 Å². The van der Waals surface area contributed by atoms with E-state index in [4.69, 9.17) is 5.41 Å². The van der Waals surface area contributed by atoms with Crippen LogP contribution in [-0.4, -0.2) is 19.0 Å². The molecule has 0 amide bonds. The first-order chi connectivity index (χ1) is 3.81. The summed E-state index contributed by atoms with van der Waals surface area (Å²) in [6.45, 7) is 0. The minimum absolute atomic E-state index is 0.0284. The van der Waals surface area contributed by atoms with Gasteiger partial charge in [0.15, 0.2) is 6.29 Å². The molecule has 0 aliphatic heterocycles. The van der Waals surface area contributed by atoms with Gasteiger partial charge in [0.2, 0.25) is 0 Å². The van der Waals surface area contributed by atoms with E-state index in [-0.39, 0.29) is 5.71 Å². The Bertz CT molecular complexity index is 118. The molecule has 0 saturated heterocycles. The molecular formula is C5H8N2O. The highest BCUT2D eigenvalue weighted by atomic mass is 16.1. The maximum absolute atomic E-state index is 9.71. The zero-order chi connectivity index (χ0) is 6.41. The van der Waals surface area contributed by atoms with Crippen molar-refractivity contribution in [3.63, 3.8) is 0 Å². The smallest absolute Gasteiger partial charge is 0.167 e. The largest absolute Gasteiger partial charge is 0.394 e. The number of aldehydes is 1. The molecule has 0 saturated carbocycles. The number of rotatable bonds is 3. The molecule has 0 spiro atoms. The molecule has 44 valence electrons.